The van der Waals surface area contributed by atoms with E-state index in [-0.39, 0.29) is 30.4 Å². The minimum Gasteiger partial charge on any atom is -0.376 e. The van der Waals surface area contributed by atoms with Crippen LogP contribution < -0.4 is 5.32 Å². The summed E-state index contributed by atoms with van der Waals surface area (Å²) < 4.78 is 5.60. The van der Waals surface area contributed by atoms with Gasteiger partial charge in [-0.3, -0.25) is 9.59 Å². The van der Waals surface area contributed by atoms with E-state index in [0.717, 1.165) is 30.0 Å². The van der Waals surface area contributed by atoms with Crippen molar-refractivity contribution in [2.75, 3.05) is 25.0 Å². The third kappa shape index (κ3) is 5.00. The van der Waals surface area contributed by atoms with Gasteiger partial charge in [0.1, 0.15) is 6.54 Å². The third-order valence-corrected chi connectivity index (χ3v) is 4.85. The van der Waals surface area contributed by atoms with Crippen molar-refractivity contribution < 1.29 is 14.3 Å². The predicted octanol–water partition coefficient (Wildman–Crippen LogP) is 2.36. The molecule has 1 saturated heterocycles. The quantitative estimate of drug-likeness (QED) is 0.864. The largest absolute Gasteiger partial charge is 0.376 e. The number of hydrogen-bond donors (Lipinski definition) is 1. The summed E-state index contributed by atoms with van der Waals surface area (Å²) in [5.74, 6) is -0.388. The molecule has 1 aliphatic heterocycles. The Morgan fingerprint density at radius 1 is 1.43 bits per heavy atom. The molecule has 1 aromatic heterocycles. The second-order valence-corrected chi connectivity index (χ2v) is 7.42. The van der Waals surface area contributed by atoms with Gasteiger partial charge >= 0.3 is 0 Å². The Hall–Kier alpha value is -1.47. The first kappa shape index (κ1) is 17.9. The number of aromatic nitrogens is 1. The number of nitrogens with one attached hydrogen (secondary N) is 1. The van der Waals surface area contributed by atoms with E-state index in [1.54, 1.807) is 4.90 Å². The zero-order valence-corrected chi connectivity index (χ0v) is 15.0. The van der Waals surface area contributed by atoms with Crippen LogP contribution in [0.4, 0.5) is 5.13 Å². The van der Waals surface area contributed by atoms with E-state index in [2.05, 4.69) is 10.3 Å². The molecular formula is C16H25N3O3S. The summed E-state index contributed by atoms with van der Waals surface area (Å²) in [6, 6.07) is 0. The van der Waals surface area contributed by atoms with E-state index in [1.165, 1.54) is 11.3 Å². The molecule has 7 heteroatoms. The number of amides is 2. The van der Waals surface area contributed by atoms with Gasteiger partial charge in [0.15, 0.2) is 5.13 Å². The Morgan fingerprint density at radius 3 is 2.70 bits per heavy atom. The summed E-state index contributed by atoms with van der Waals surface area (Å²) in [5.41, 5.74) is 0.916. The number of rotatable bonds is 6. The highest BCUT2D eigenvalue weighted by molar-refractivity contribution is 7.15. The minimum absolute atomic E-state index is 0.0258. The van der Waals surface area contributed by atoms with Crippen LogP contribution in [0.25, 0.3) is 0 Å². The van der Waals surface area contributed by atoms with Crippen molar-refractivity contribution in [2.24, 2.45) is 5.92 Å². The van der Waals surface area contributed by atoms with Crippen LogP contribution in [0.1, 0.15) is 37.3 Å². The van der Waals surface area contributed by atoms with Crippen LogP contribution in [0.2, 0.25) is 0 Å². The number of aryl methyl sites for hydroxylation is 2. The maximum atomic E-state index is 12.4. The molecule has 2 rings (SSSR count). The molecule has 0 saturated carbocycles. The monoisotopic (exact) mass is 339 g/mol. The minimum atomic E-state index is -0.217. The maximum Gasteiger partial charge on any atom is 0.245 e. The molecule has 2 heterocycles. The summed E-state index contributed by atoms with van der Waals surface area (Å²) in [6.45, 7) is 8.81. The van der Waals surface area contributed by atoms with Crippen LogP contribution >= 0.6 is 11.3 Å². The fourth-order valence-corrected chi connectivity index (χ4v) is 3.32. The lowest BCUT2D eigenvalue weighted by molar-refractivity contribution is -0.139. The van der Waals surface area contributed by atoms with Crippen LogP contribution in [-0.4, -0.2) is 47.5 Å². The van der Waals surface area contributed by atoms with Gasteiger partial charge in [0, 0.05) is 23.9 Å². The lowest BCUT2D eigenvalue weighted by atomic mass is 10.1. The van der Waals surface area contributed by atoms with Gasteiger partial charge in [0.25, 0.3) is 0 Å². The Kier molecular flexibility index (Phi) is 6.12. The van der Waals surface area contributed by atoms with E-state index in [0.29, 0.717) is 11.7 Å². The number of carbonyl (C=O) groups excluding carboxylic acids is 2. The number of thiazole rings is 1. The second-order valence-electron chi connectivity index (χ2n) is 6.22. The summed E-state index contributed by atoms with van der Waals surface area (Å²) in [4.78, 5) is 31.6. The molecule has 6 nitrogen and oxygen atoms in total. The van der Waals surface area contributed by atoms with Gasteiger partial charge in [-0.15, -0.1) is 11.3 Å². The van der Waals surface area contributed by atoms with E-state index in [4.69, 9.17) is 4.74 Å². The lowest BCUT2D eigenvalue weighted by Gasteiger charge is -2.26. The van der Waals surface area contributed by atoms with E-state index >= 15 is 0 Å². The molecule has 1 N–H and O–H groups in total. The molecule has 0 bridgehead atoms. The maximum absolute atomic E-state index is 12.4. The molecule has 23 heavy (non-hydrogen) atoms. The van der Waals surface area contributed by atoms with Crippen molar-refractivity contribution in [3.63, 3.8) is 0 Å². The highest BCUT2D eigenvalue weighted by atomic mass is 32.1. The van der Waals surface area contributed by atoms with Gasteiger partial charge in [-0.2, -0.15) is 0 Å². The van der Waals surface area contributed by atoms with Crippen molar-refractivity contribution >= 4 is 28.3 Å². The zero-order chi connectivity index (χ0) is 17.0. The summed E-state index contributed by atoms with van der Waals surface area (Å²) in [7, 11) is 0. The Labute approximate surface area is 141 Å². The number of anilines is 1. The van der Waals surface area contributed by atoms with Gasteiger partial charge in [-0.05, 0) is 26.7 Å². The third-order valence-electron chi connectivity index (χ3n) is 3.86. The zero-order valence-electron chi connectivity index (χ0n) is 14.2. The average molecular weight is 339 g/mol. The van der Waals surface area contributed by atoms with Gasteiger partial charge in [-0.1, -0.05) is 13.8 Å². The average Bonchev–Trinajstić information content (AvgIpc) is 3.08. The van der Waals surface area contributed by atoms with Crippen molar-refractivity contribution in [3.8, 4) is 0 Å². The second kappa shape index (κ2) is 7.88. The molecule has 128 valence electrons. The first-order valence-electron chi connectivity index (χ1n) is 8.01. The molecule has 1 atom stereocenters. The van der Waals surface area contributed by atoms with Gasteiger partial charge in [0.2, 0.25) is 11.8 Å². The number of hydrogen-bond acceptors (Lipinski definition) is 5. The lowest BCUT2D eigenvalue weighted by Crippen LogP contribution is -2.44. The van der Waals surface area contributed by atoms with E-state index in [1.807, 2.05) is 27.7 Å². The van der Waals surface area contributed by atoms with Gasteiger partial charge < -0.3 is 15.0 Å². The molecular weight excluding hydrogens is 314 g/mol. The topological polar surface area (TPSA) is 71.5 Å². The molecule has 0 radical (unpaired) electrons. The number of nitrogens with zero attached hydrogens (tertiary/aromatic N) is 2. The normalized spacial score (nSPS) is 17.5. The van der Waals surface area contributed by atoms with Crippen LogP contribution in [0, 0.1) is 19.8 Å². The molecule has 1 aromatic rings. The SMILES string of the molecule is Cc1nc(NC(=O)CN(CC2CCCO2)C(=O)C(C)C)sc1C. The molecule has 1 aliphatic rings. The van der Waals surface area contributed by atoms with E-state index < -0.39 is 0 Å². The van der Waals surface area contributed by atoms with Crippen LogP contribution in [-0.2, 0) is 14.3 Å². The van der Waals surface area contributed by atoms with E-state index in [9.17, 15) is 9.59 Å². The van der Waals surface area contributed by atoms with Crippen molar-refractivity contribution in [1.82, 2.24) is 9.88 Å². The van der Waals surface area contributed by atoms with Gasteiger partial charge in [-0.25, -0.2) is 4.98 Å². The van der Waals surface area contributed by atoms with Crippen molar-refractivity contribution in [3.05, 3.63) is 10.6 Å². The summed E-state index contributed by atoms with van der Waals surface area (Å²) in [5, 5.41) is 3.37. The Bertz CT molecular complexity index is 545. The van der Waals surface area contributed by atoms with Crippen LogP contribution in [0.15, 0.2) is 0 Å². The van der Waals surface area contributed by atoms with Crippen molar-refractivity contribution in [2.45, 2.75) is 46.6 Å². The standard InChI is InChI=1S/C16H25N3O3S/c1-10(2)15(21)19(8-13-6-5-7-22-13)9-14(20)18-16-17-11(3)12(4)23-16/h10,13H,5-9H2,1-4H3,(H,17,18,20). The summed E-state index contributed by atoms with van der Waals surface area (Å²) in [6.07, 6.45) is 1.99. The highest BCUT2D eigenvalue weighted by Gasteiger charge is 2.26. The highest BCUT2D eigenvalue weighted by Crippen LogP contribution is 2.21. The fraction of sp³-hybridized carbons (Fsp3) is 0.688. The fourth-order valence-electron chi connectivity index (χ4n) is 2.49. The van der Waals surface area contributed by atoms with Crippen LogP contribution in [0.3, 0.4) is 0 Å². The molecule has 0 aliphatic carbocycles. The first-order valence-corrected chi connectivity index (χ1v) is 8.82. The Balaban J connectivity index is 1.97. The first-order chi connectivity index (χ1) is 10.9. The molecule has 1 unspecified atom stereocenters. The van der Waals surface area contributed by atoms with Gasteiger partial charge in [0.05, 0.1) is 11.8 Å². The summed E-state index contributed by atoms with van der Waals surface area (Å²) >= 11 is 1.45. The van der Waals surface area contributed by atoms with Crippen molar-refractivity contribution in [1.29, 1.82) is 0 Å². The van der Waals surface area contributed by atoms with Crippen LogP contribution in [0.5, 0.6) is 0 Å². The number of ether oxygens (including phenoxy) is 1. The smallest absolute Gasteiger partial charge is 0.245 e. The molecule has 0 aromatic carbocycles. The predicted molar refractivity (Wildman–Crippen MR) is 90.6 cm³/mol. The molecule has 2 amide bonds. The Morgan fingerprint density at radius 2 is 2.17 bits per heavy atom. The molecule has 1 fully saturated rings. The number of carbonyl (C=O) groups is 2. The molecule has 0 spiro atoms.